The number of halogens is 4. The Bertz CT molecular complexity index is 465. The van der Waals surface area contributed by atoms with Crippen molar-refractivity contribution in [2.45, 2.75) is 11.5 Å². The molecule has 0 unspecified atom stereocenters. The summed E-state index contributed by atoms with van der Waals surface area (Å²) < 4.78 is 70.8. The van der Waals surface area contributed by atoms with Crippen molar-refractivity contribution in [2.24, 2.45) is 5.14 Å². The van der Waals surface area contributed by atoms with Gasteiger partial charge in [0.1, 0.15) is 11.4 Å². The molecular weight excluding hydrogens is 240 g/mol. The Labute approximate surface area is 81.8 Å². The maximum absolute atomic E-state index is 12.8. The van der Waals surface area contributed by atoms with Crippen LogP contribution in [-0.2, 0) is 10.0 Å². The summed E-state index contributed by atoms with van der Waals surface area (Å²) in [5, 5.41) is 3.37. The van der Waals surface area contributed by atoms with Crippen LogP contribution in [0.4, 0.5) is 17.6 Å². The van der Waals surface area contributed by atoms with Crippen LogP contribution in [0.1, 0.15) is 12.0 Å². The van der Waals surface area contributed by atoms with Crippen LogP contribution < -0.4 is 5.14 Å². The zero-order valence-corrected chi connectivity index (χ0v) is 7.73. The molecule has 0 saturated heterocycles. The van der Waals surface area contributed by atoms with E-state index < -0.39 is 38.8 Å². The summed E-state index contributed by atoms with van der Waals surface area (Å²) in [6.45, 7) is 0. The normalized spacial score (nSPS) is 12.1. The largest absolute Gasteiger partial charge is 0.271 e. The Hall–Kier alpha value is -1.22. The first-order valence-electron chi connectivity index (χ1n) is 3.40. The number of sulfonamides is 1. The molecule has 0 fully saturated rings. The average Bonchev–Trinajstić information content (AvgIpc) is 1.99. The fourth-order valence-corrected chi connectivity index (χ4v) is 1.29. The third kappa shape index (κ3) is 2.42. The van der Waals surface area contributed by atoms with Gasteiger partial charge >= 0.3 is 0 Å². The van der Waals surface area contributed by atoms with Gasteiger partial charge in [-0.3, -0.25) is 0 Å². The van der Waals surface area contributed by atoms with Gasteiger partial charge in [-0.05, 0) is 0 Å². The summed E-state index contributed by atoms with van der Waals surface area (Å²) in [6.07, 6.45) is -3.42. The first-order valence-corrected chi connectivity index (χ1v) is 4.95. The minimum absolute atomic E-state index is 0.139. The lowest BCUT2D eigenvalue weighted by molar-refractivity contribution is 0.139. The van der Waals surface area contributed by atoms with Gasteiger partial charge < -0.3 is 0 Å². The van der Waals surface area contributed by atoms with Crippen molar-refractivity contribution in [2.75, 3.05) is 0 Å². The van der Waals surface area contributed by atoms with Gasteiger partial charge in [-0.1, -0.05) is 0 Å². The second kappa shape index (κ2) is 3.74. The number of rotatable bonds is 2. The molecule has 0 aliphatic carbocycles. The first kappa shape index (κ1) is 11.9. The lowest BCUT2D eigenvalue weighted by atomic mass is 10.3. The van der Waals surface area contributed by atoms with E-state index in [0.29, 0.717) is 0 Å². The van der Waals surface area contributed by atoms with E-state index >= 15 is 0 Å². The predicted octanol–water partition coefficient (Wildman–Crippen LogP) is 0.945. The molecule has 1 aromatic rings. The highest BCUT2D eigenvalue weighted by atomic mass is 32.2. The van der Waals surface area contributed by atoms with Crippen LogP contribution in [0.5, 0.6) is 0 Å². The van der Waals surface area contributed by atoms with Crippen LogP contribution >= 0.6 is 0 Å². The number of alkyl halides is 2. The molecule has 15 heavy (non-hydrogen) atoms. The molecule has 0 aromatic carbocycles. The summed E-state index contributed by atoms with van der Waals surface area (Å²) >= 11 is 0. The lowest BCUT2D eigenvalue weighted by Gasteiger charge is -2.04. The molecule has 9 heteroatoms. The van der Waals surface area contributed by atoms with E-state index in [4.69, 9.17) is 0 Å². The molecule has 1 heterocycles. The highest BCUT2D eigenvalue weighted by Crippen LogP contribution is 2.25. The summed E-state index contributed by atoms with van der Waals surface area (Å²) in [4.78, 5) is 2.63. The Morgan fingerprint density at radius 2 is 1.87 bits per heavy atom. The van der Waals surface area contributed by atoms with E-state index in [1.54, 1.807) is 0 Å². The molecule has 0 bridgehead atoms. The zero-order valence-electron chi connectivity index (χ0n) is 6.92. The van der Waals surface area contributed by atoms with Crippen LogP contribution in [0.15, 0.2) is 11.1 Å². The van der Waals surface area contributed by atoms with Crippen LogP contribution in [0.2, 0.25) is 0 Å². The smallest absolute Gasteiger partial charge is 0.223 e. The molecule has 1 aromatic heterocycles. The SMILES string of the molecule is NS(=O)(=O)c1cc(F)c(C(F)F)c(F)n1. The van der Waals surface area contributed by atoms with Gasteiger partial charge in [0.15, 0.2) is 5.03 Å². The van der Waals surface area contributed by atoms with Crippen LogP contribution in [0.25, 0.3) is 0 Å². The van der Waals surface area contributed by atoms with E-state index in [1.165, 1.54) is 0 Å². The van der Waals surface area contributed by atoms with E-state index in [2.05, 4.69) is 10.1 Å². The number of hydrogen-bond donors (Lipinski definition) is 1. The van der Waals surface area contributed by atoms with Crippen molar-refractivity contribution in [1.82, 2.24) is 4.98 Å². The molecule has 0 radical (unpaired) electrons. The molecule has 0 amide bonds. The molecule has 0 saturated carbocycles. The van der Waals surface area contributed by atoms with Crippen molar-refractivity contribution < 1.29 is 26.0 Å². The zero-order chi connectivity index (χ0) is 11.8. The quantitative estimate of drug-likeness (QED) is 0.621. The minimum Gasteiger partial charge on any atom is -0.223 e. The molecule has 0 aliphatic heterocycles. The van der Waals surface area contributed by atoms with Crippen molar-refractivity contribution in [1.29, 1.82) is 0 Å². The van der Waals surface area contributed by atoms with E-state index in [-0.39, 0.29) is 6.07 Å². The number of primary sulfonamides is 1. The number of aromatic nitrogens is 1. The van der Waals surface area contributed by atoms with Gasteiger partial charge in [-0.2, -0.15) is 4.39 Å². The molecule has 1 rings (SSSR count). The van der Waals surface area contributed by atoms with Crippen molar-refractivity contribution in [3.05, 3.63) is 23.4 Å². The topological polar surface area (TPSA) is 73.1 Å². The van der Waals surface area contributed by atoms with Gasteiger partial charge in [-0.25, -0.2) is 31.7 Å². The Morgan fingerprint density at radius 1 is 1.33 bits per heavy atom. The van der Waals surface area contributed by atoms with Gasteiger partial charge in [-0.15, -0.1) is 0 Å². The summed E-state index contributed by atoms with van der Waals surface area (Å²) in [6, 6.07) is 0.139. The van der Waals surface area contributed by atoms with E-state index in [9.17, 15) is 26.0 Å². The second-order valence-electron chi connectivity index (χ2n) is 2.49. The van der Waals surface area contributed by atoms with Crippen molar-refractivity contribution in [3.8, 4) is 0 Å². The fourth-order valence-electron chi connectivity index (χ4n) is 0.814. The number of nitrogens with zero attached hydrogens (tertiary/aromatic N) is 1. The molecular formula is C6H4F4N2O2S. The van der Waals surface area contributed by atoms with Crippen molar-refractivity contribution in [3.63, 3.8) is 0 Å². The minimum atomic E-state index is -4.43. The van der Waals surface area contributed by atoms with Crippen LogP contribution in [0, 0.1) is 11.8 Å². The van der Waals surface area contributed by atoms with Gasteiger partial charge in [0.05, 0.1) is 0 Å². The third-order valence-corrected chi connectivity index (χ3v) is 2.24. The van der Waals surface area contributed by atoms with Crippen LogP contribution in [0.3, 0.4) is 0 Å². The maximum atomic E-state index is 12.8. The van der Waals surface area contributed by atoms with Gasteiger partial charge in [0, 0.05) is 6.07 Å². The Kier molecular flexibility index (Phi) is 2.95. The van der Waals surface area contributed by atoms with E-state index in [1.807, 2.05) is 0 Å². The fraction of sp³-hybridized carbons (Fsp3) is 0.167. The van der Waals surface area contributed by atoms with E-state index in [0.717, 1.165) is 0 Å². The predicted molar refractivity (Wildman–Crippen MR) is 40.5 cm³/mol. The highest BCUT2D eigenvalue weighted by Gasteiger charge is 2.24. The molecule has 84 valence electrons. The van der Waals surface area contributed by atoms with Gasteiger partial charge in [0.25, 0.3) is 16.4 Å². The van der Waals surface area contributed by atoms with Crippen LogP contribution in [-0.4, -0.2) is 13.4 Å². The molecule has 0 atom stereocenters. The molecule has 2 N–H and O–H groups in total. The number of hydrogen-bond acceptors (Lipinski definition) is 3. The highest BCUT2D eigenvalue weighted by molar-refractivity contribution is 7.89. The average molecular weight is 244 g/mol. The number of nitrogens with two attached hydrogens (primary N) is 1. The summed E-state index contributed by atoms with van der Waals surface area (Å²) in [5.41, 5.74) is -1.58. The monoisotopic (exact) mass is 244 g/mol. The Balaban J connectivity index is 3.45. The second-order valence-corrected chi connectivity index (χ2v) is 4.00. The molecule has 0 aliphatic rings. The van der Waals surface area contributed by atoms with Gasteiger partial charge in [0.2, 0.25) is 5.95 Å². The Morgan fingerprint density at radius 3 is 2.20 bits per heavy atom. The summed E-state index contributed by atoms with van der Waals surface area (Å²) in [7, 11) is -4.43. The number of pyridine rings is 1. The third-order valence-electron chi connectivity index (χ3n) is 1.45. The maximum Gasteiger partial charge on any atom is 0.271 e. The standard InChI is InChI=1S/C6H4F4N2O2S/c7-2-1-3(15(11,13)14)12-6(10)4(2)5(8)9/h1,5H,(H2,11,13,14). The summed E-state index contributed by atoms with van der Waals surface area (Å²) in [5.74, 6) is -3.60. The molecule has 0 spiro atoms. The first-order chi connectivity index (χ1) is 6.73. The lowest BCUT2D eigenvalue weighted by Crippen LogP contribution is -2.16. The molecule has 4 nitrogen and oxygen atoms in total. The van der Waals surface area contributed by atoms with Crippen molar-refractivity contribution >= 4 is 10.0 Å².